The Morgan fingerprint density at radius 1 is 1.18 bits per heavy atom. The van der Waals surface area contributed by atoms with Crippen molar-refractivity contribution in [3.05, 3.63) is 75.4 Å². The van der Waals surface area contributed by atoms with E-state index in [0.29, 0.717) is 22.5 Å². The van der Waals surface area contributed by atoms with Crippen LogP contribution in [-0.2, 0) is 10.0 Å². The van der Waals surface area contributed by atoms with E-state index in [4.69, 9.17) is 11.6 Å². The van der Waals surface area contributed by atoms with Gasteiger partial charge >= 0.3 is 0 Å². The summed E-state index contributed by atoms with van der Waals surface area (Å²) >= 11 is 5.86. The molecule has 6 nitrogen and oxygen atoms in total. The van der Waals surface area contributed by atoms with E-state index >= 15 is 0 Å². The van der Waals surface area contributed by atoms with Crippen LogP contribution in [0, 0.1) is 12.7 Å². The van der Waals surface area contributed by atoms with E-state index in [0.717, 1.165) is 10.7 Å². The molecule has 3 rings (SSSR count). The molecule has 1 aromatic heterocycles. The summed E-state index contributed by atoms with van der Waals surface area (Å²) in [6.45, 7) is 3.24. The lowest BCUT2D eigenvalue weighted by Crippen LogP contribution is -2.22. The molecule has 0 radical (unpaired) electrons. The average molecular weight is 422 g/mol. The molecule has 0 spiro atoms. The summed E-state index contributed by atoms with van der Waals surface area (Å²) in [6, 6.07) is 11.8. The Kier molecular flexibility index (Phi) is 5.53. The van der Waals surface area contributed by atoms with Crippen LogP contribution < -0.4 is 10.3 Å². The number of hydrogen-bond acceptors (Lipinski definition) is 4. The number of nitrogens with one attached hydrogen (secondary N) is 1. The van der Waals surface area contributed by atoms with Crippen molar-refractivity contribution in [3.63, 3.8) is 0 Å². The fourth-order valence-corrected chi connectivity index (χ4v) is 3.53. The van der Waals surface area contributed by atoms with Gasteiger partial charge in [0.1, 0.15) is 5.82 Å². The Bertz CT molecular complexity index is 1190. The quantitative estimate of drug-likeness (QED) is 0.680. The summed E-state index contributed by atoms with van der Waals surface area (Å²) in [5.74, 6) is -0.627. The maximum atomic E-state index is 13.6. The van der Waals surface area contributed by atoms with Crippen LogP contribution in [-0.4, -0.2) is 24.0 Å². The molecule has 0 unspecified atom stereocenters. The SMILES string of the molecule is CCS(=O)(=O)Nc1cccc(-c2cc(=O)n(-c3cc(F)cc(Cl)c3)nc2C)c1. The highest BCUT2D eigenvalue weighted by Crippen LogP contribution is 2.25. The number of aromatic nitrogens is 2. The second-order valence-corrected chi connectivity index (χ2v) is 8.55. The number of sulfonamides is 1. The molecule has 0 aliphatic heterocycles. The van der Waals surface area contributed by atoms with Gasteiger partial charge in [-0.05, 0) is 49.7 Å². The Morgan fingerprint density at radius 2 is 1.93 bits per heavy atom. The molecule has 3 aromatic rings. The zero-order valence-electron chi connectivity index (χ0n) is 15.1. The van der Waals surface area contributed by atoms with Crippen molar-refractivity contribution in [2.45, 2.75) is 13.8 Å². The first-order chi connectivity index (χ1) is 13.2. The second kappa shape index (κ2) is 7.73. The number of aryl methyl sites for hydroxylation is 1. The number of nitrogens with zero attached hydrogens (tertiary/aromatic N) is 2. The Labute approximate surface area is 166 Å². The maximum absolute atomic E-state index is 13.6. The van der Waals surface area contributed by atoms with E-state index in [1.807, 2.05) is 0 Å². The monoisotopic (exact) mass is 421 g/mol. The van der Waals surface area contributed by atoms with E-state index in [1.165, 1.54) is 18.2 Å². The van der Waals surface area contributed by atoms with E-state index in [1.54, 1.807) is 38.1 Å². The van der Waals surface area contributed by atoms with Gasteiger partial charge < -0.3 is 0 Å². The molecular weight excluding hydrogens is 405 g/mol. The zero-order valence-corrected chi connectivity index (χ0v) is 16.7. The van der Waals surface area contributed by atoms with Gasteiger partial charge in [-0.3, -0.25) is 9.52 Å². The van der Waals surface area contributed by atoms with Gasteiger partial charge in [-0.25, -0.2) is 12.8 Å². The lowest BCUT2D eigenvalue weighted by molar-refractivity contribution is 0.602. The summed E-state index contributed by atoms with van der Waals surface area (Å²) in [4.78, 5) is 12.6. The second-order valence-electron chi connectivity index (χ2n) is 6.11. The molecule has 146 valence electrons. The Balaban J connectivity index is 2.05. The predicted octanol–water partition coefficient (Wildman–Crippen LogP) is 3.76. The predicted molar refractivity (Wildman–Crippen MR) is 108 cm³/mol. The van der Waals surface area contributed by atoms with Gasteiger partial charge in [-0.2, -0.15) is 9.78 Å². The fraction of sp³-hybridized carbons (Fsp3) is 0.158. The van der Waals surface area contributed by atoms with Crippen molar-refractivity contribution in [1.29, 1.82) is 0 Å². The zero-order chi connectivity index (χ0) is 20.5. The molecule has 28 heavy (non-hydrogen) atoms. The first-order valence-electron chi connectivity index (χ1n) is 8.37. The first-order valence-corrected chi connectivity index (χ1v) is 10.4. The number of anilines is 1. The molecule has 9 heteroatoms. The molecule has 2 aromatic carbocycles. The minimum atomic E-state index is -3.42. The van der Waals surface area contributed by atoms with Crippen LogP contribution in [0.3, 0.4) is 0 Å². The van der Waals surface area contributed by atoms with Gasteiger partial charge in [-0.1, -0.05) is 23.7 Å². The van der Waals surface area contributed by atoms with Crippen molar-refractivity contribution in [2.75, 3.05) is 10.5 Å². The van der Waals surface area contributed by atoms with Crippen LogP contribution in [0.25, 0.3) is 16.8 Å². The van der Waals surface area contributed by atoms with Gasteiger partial charge in [0.2, 0.25) is 10.0 Å². The molecule has 0 saturated heterocycles. The third kappa shape index (κ3) is 4.40. The van der Waals surface area contributed by atoms with E-state index in [-0.39, 0.29) is 16.5 Å². The topological polar surface area (TPSA) is 81.1 Å². The third-order valence-corrected chi connectivity index (χ3v) is 5.56. The summed E-state index contributed by atoms with van der Waals surface area (Å²) in [6.07, 6.45) is 0. The van der Waals surface area contributed by atoms with Crippen molar-refractivity contribution in [2.24, 2.45) is 0 Å². The lowest BCUT2D eigenvalue weighted by Gasteiger charge is -2.12. The number of hydrogen-bond donors (Lipinski definition) is 1. The summed E-state index contributed by atoms with van der Waals surface area (Å²) in [5, 5.41) is 4.42. The van der Waals surface area contributed by atoms with Gasteiger partial charge in [0.15, 0.2) is 0 Å². The van der Waals surface area contributed by atoms with Gasteiger partial charge in [-0.15, -0.1) is 0 Å². The minimum Gasteiger partial charge on any atom is -0.284 e. The summed E-state index contributed by atoms with van der Waals surface area (Å²) < 4.78 is 40.7. The Hall–Kier alpha value is -2.71. The van der Waals surface area contributed by atoms with Gasteiger partial charge in [0, 0.05) is 22.3 Å². The Morgan fingerprint density at radius 3 is 2.61 bits per heavy atom. The van der Waals surface area contributed by atoms with E-state index in [9.17, 15) is 17.6 Å². The van der Waals surface area contributed by atoms with E-state index in [2.05, 4.69) is 9.82 Å². The minimum absolute atomic E-state index is 0.0515. The van der Waals surface area contributed by atoms with Crippen molar-refractivity contribution >= 4 is 27.3 Å². The lowest BCUT2D eigenvalue weighted by atomic mass is 10.0. The van der Waals surface area contributed by atoms with Crippen LogP contribution in [0.5, 0.6) is 0 Å². The van der Waals surface area contributed by atoms with Crippen LogP contribution in [0.4, 0.5) is 10.1 Å². The summed E-state index contributed by atoms with van der Waals surface area (Å²) in [7, 11) is -3.42. The molecule has 0 atom stereocenters. The normalized spacial score (nSPS) is 11.4. The van der Waals surface area contributed by atoms with E-state index < -0.39 is 21.4 Å². The highest BCUT2D eigenvalue weighted by Gasteiger charge is 2.12. The van der Waals surface area contributed by atoms with Crippen LogP contribution in [0.1, 0.15) is 12.6 Å². The maximum Gasteiger partial charge on any atom is 0.272 e. The molecule has 0 aliphatic carbocycles. The van der Waals surface area contributed by atoms with Crippen molar-refractivity contribution in [1.82, 2.24) is 9.78 Å². The van der Waals surface area contributed by atoms with Crippen LogP contribution in [0.15, 0.2) is 53.3 Å². The number of halogens is 2. The summed E-state index contributed by atoms with van der Waals surface area (Å²) in [5.41, 5.74) is 1.82. The van der Waals surface area contributed by atoms with Crippen LogP contribution in [0.2, 0.25) is 5.02 Å². The highest BCUT2D eigenvalue weighted by molar-refractivity contribution is 7.92. The number of benzene rings is 2. The first kappa shape index (κ1) is 20.0. The highest BCUT2D eigenvalue weighted by atomic mass is 35.5. The van der Waals surface area contributed by atoms with Crippen molar-refractivity contribution < 1.29 is 12.8 Å². The molecule has 1 N–H and O–H groups in total. The van der Waals surface area contributed by atoms with Crippen molar-refractivity contribution in [3.8, 4) is 16.8 Å². The molecule has 0 fully saturated rings. The molecule has 1 heterocycles. The van der Waals surface area contributed by atoms with Crippen LogP contribution >= 0.6 is 11.6 Å². The number of rotatable bonds is 5. The molecule has 0 bridgehead atoms. The molecule has 0 aliphatic rings. The largest absolute Gasteiger partial charge is 0.284 e. The smallest absolute Gasteiger partial charge is 0.272 e. The molecular formula is C19H17ClFN3O3S. The molecule has 0 amide bonds. The van der Waals surface area contributed by atoms with Gasteiger partial charge in [0.25, 0.3) is 5.56 Å². The average Bonchev–Trinajstić information content (AvgIpc) is 2.62. The standard InChI is InChI=1S/C19H17ClFN3O3S/c1-3-28(26,27)23-16-6-4-5-13(7-16)18-11-19(25)24(22-12(18)2)17-9-14(20)8-15(21)10-17/h4-11,23H,3H2,1-2H3. The molecule has 0 saturated carbocycles. The van der Waals surface area contributed by atoms with Gasteiger partial charge in [0.05, 0.1) is 17.1 Å². The fourth-order valence-electron chi connectivity index (χ4n) is 2.68. The third-order valence-electron chi connectivity index (χ3n) is 4.04.